The summed E-state index contributed by atoms with van der Waals surface area (Å²) in [5, 5.41) is 8.57. The van der Waals surface area contributed by atoms with Crippen molar-refractivity contribution in [2.45, 2.75) is 26.2 Å². The van der Waals surface area contributed by atoms with Crippen LogP contribution >= 0.6 is 0 Å². The summed E-state index contributed by atoms with van der Waals surface area (Å²) in [4.78, 5) is 18.3. The second kappa shape index (κ2) is 4.54. The van der Waals surface area contributed by atoms with Crippen molar-refractivity contribution < 1.29 is 9.90 Å². The zero-order valence-corrected chi connectivity index (χ0v) is 7.53. The summed E-state index contributed by atoms with van der Waals surface area (Å²) in [5.74, 6) is -0.270. The molecule has 1 aromatic rings. The molecule has 13 heavy (non-hydrogen) atoms. The van der Waals surface area contributed by atoms with Crippen LogP contribution in [0.15, 0.2) is 12.4 Å². The largest absolute Gasteiger partial charge is 0.478 e. The van der Waals surface area contributed by atoms with Crippen LogP contribution in [0.5, 0.6) is 0 Å². The average Bonchev–Trinajstić information content (AvgIpc) is 2.15. The molecule has 0 fully saturated rings. The summed E-state index contributed by atoms with van der Waals surface area (Å²) < 4.78 is 0. The lowest BCUT2D eigenvalue weighted by Gasteiger charge is -1.97. The first-order chi connectivity index (χ1) is 6.24. The van der Waals surface area contributed by atoms with E-state index in [0.717, 1.165) is 19.3 Å². The number of carboxylic acid groups (broad SMARTS) is 1. The molecule has 70 valence electrons. The number of carboxylic acids is 1. The highest BCUT2D eigenvalue weighted by Gasteiger charge is 2.03. The van der Waals surface area contributed by atoms with Crippen LogP contribution in [0.4, 0.5) is 0 Å². The second-order valence-corrected chi connectivity index (χ2v) is 2.80. The summed E-state index contributed by atoms with van der Waals surface area (Å²) >= 11 is 0. The highest BCUT2D eigenvalue weighted by molar-refractivity contribution is 5.86. The number of aromatic carboxylic acids is 1. The lowest BCUT2D eigenvalue weighted by molar-refractivity contribution is 0.0696. The van der Waals surface area contributed by atoms with E-state index in [9.17, 15) is 4.79 Å². The zero-order valence-electron chi connectivity index (χ0n) is 7.53. The maximum Gasteiger partial charge on any atom is 0.338 e. The van der Waals surface area contributed by atoms with Gasteiger partial charge in [-0.25, -0.2) is 14.8 Å². The lowest BCUT2D eigenvalue weighted by atomic mass is 10.2. The van der Waals surface area contributed by atoms with E-state index in [1.807, 2.05) is 0 Å². The molecule has 0 amide bonds. The summed E-state index contributed by atoms with van der Waals surface area (Å²) in [5.41, 5.74) is 0.139. The van der Waals surface area contributed by atoms with Crippen LogP contribution in [0.25, 0.3) is 0 Å². The fraction of sp³-hybridized carbons (Fsp3) is 0.444. The van der Waals surface area contributed by atoms with Crippen molar-refractivity contribution >= 4 is 5.97 Å². The van der Waals surface area contributed by atoms with Crippen molar-refractivity contribution in [3.8, 4) is 0 Å². The van der Waals surface area contributed by atoms with Gasteiger partial charge in [0.15, 0.2) is 0 Å². The fourth-order valence-electron chi connectivity index (χ4n) is 0.929. The maximum atomic E-state index is 10.4. The first-order valence-electron chi connectivity index (χ1n) is 4.28. The van der Waals surface area contributed by atoms with Gasteiger partial charge in [-0.15, -0.1) is 0 Å². The van der Waals surface area contributed by atoms with Crippen molar-refractivity contribution in [2.24, 2.45) is 0 Å². The van der Waals surface area contributed by atoms with Gasteiger partial charge in [0.05, 0.1) is 5.56 Å². The molecular formula is C9H12N2O2. The van der Waals surface area contributed by atoms with Gasteiger partial charge in [0.2, 0.25) is 0 Å². The molecule has 1 rings (SSSR count). The molecule has 4 nitrogen and oxygen atoms in total. The predicted molar refractivity (Wildman–Crippen MR) is 47.6 cm³/mol. The second-order valence-electron chi connectivity index (χ2n) is 2.80. The normalized spacial score (nSPS) is 9.92. The van der Waals surface area contributed by atoms with Crippen LogP contribution < -0.4 is 0 Å². The minimum absolute atomic E-state index is 0.139. The molecular weight excluding hydrogens is 168 g/mol. The molecule has 4 heteroatoms. The van der Waals surface area contributed by atoms with Gasteiger partial charge in [-0.3, -0.25) is 0 Å². The average molecular weight is 180 g/mol. The monoisotopic (exact) mass is 180 g/mol. The molecule has 0 aromatic carbocycles. The topological polar surface area (TPSA) is 63.1 Å². The quantitative estimate of drug-likeness (QED) is 0.763. The smallest absolute Gasteiger partial charge is 0.338 e. The Morgan fingerprint density at radius 2 is 2.08 bits per heavy atom. The standard InChI is InChI=1S/C9H12N2O2/c1-2-3-4-8-10-5-7(6-11-8)9(12)13/h5-6H,2-4H2,1H3,(H,12,13). The fourth-order valence-corrected chi connectivity index (χ4v) is 0.929. The van der Waals surface area contributed by atoms with Gasteiger partial charge in [0, 0.05) is 18.8 Å². The summed E-state index contributed by atoms with van der Waals surface area (Å²) in [6.07, 6.45) is 5.63. The van der Waals surface area contributed by atoms with Gasteiger partial charge in [0.25, 0.3) is 0 Å². The van der Waals surface area contributed by atoms with E-state index in [4.69, 9.17) is 5.11 Å². The Labute approximate surface area is 76.7 Å². The molecule has 0 saturated carbocycles. The van der Waals surface area contributed by atoms with E-state index < -0.39 is 5.97 Å². The molecule has 0 aliphatic carbocycles. The molecule has 0 atom stereocenters. The Balaban J connectivity index is 2.64. The van der Waals surface area contributed by atoms with E-state index in [-0.39, 0.29) is 5.56 Å². The highest BCUT2D eigenvalue weighted by atomic mass is 16.4. The van der Waals surface area contributed by atoms with Crippen LogP contribution in [0.1, 0.15) is 35.9 Å². The molecule has 1 heterocycles. The van der Waals surface area contributed by atoms with Gasteiger partial charge >= 0.3 is 5.97 Å². The van der Waals surface area contributed by atoms with E-state index in [2.05, 4.69) is 16.9 Å². The summed E-state index contributed by atoms with van der Waals surface area (Å²) in [7, 11) is 0. The van der Waals surface area contributed by atoms with Gasteiger partial charge in [0.1, 0.15) is 5.82 Å². The van der Waals surface area contributed by atoms with Crippen LogP contribution in [0.2, 0.25) is 0 Å². The summed E-state index contributed by atoms with van der Waals surface area (Å²) in [6.45, 7) is 2.09. The number of rotatable bonds is 4. The van der Waals surface area contributed by atoms with Crippen LogP contribution in [-0.2, 0) is 6.42 Å². The van der Waals surface area contributed by atoms with E-state index in [0.29, 0.717) is 5.82 Å². The Hall–Kier alpha value is -1.45. The molecule has 1 aromatic heterocycles. The maximum absolute atomic E-state index is 10.4. The first-order valence-corrected chi connectivity index (χ1v) is 4.28. The number of carbonyl (C=O) groups is 1. The molecule has 0 bridgehead atoms. The number of hydrogen-bond acceptors (Lipinski definition) is 3. The third-order valence-corrected chi connectivity index (χ3v) is 1.71. The molecule has 0 unspecified atom stereocenters. The predicted octanol–water partition coefficient (Wildman–Crippen LogP) is 1.52. The van der Waals surface area contributed by atoms with Gasteiger partial charge in [-0.1, -0.05) is 13.3 Å². The van der Waals surface area contributed by atoms with Crippen LogP contribution in [0, 0.1) is 0 Å². The van der Waals surface area contributed by atoms with Crippen molar-refractivity contribution in [1.82, 2.24) is 9.97 Å². The molecule has 0 aliphatic rings. The van der Waals surface area contributed by atoms with Crippen LogP contribution in [-0.4, -0.2) is 21.0 Å². The summed E-state index contributed by atoms with van der Waals surface area (Å²) in [6, 6.07) is 0. The minimum Gasteiger partial charge on any atom is -0.478 e. The SMILES string of the molecule is CCCCc1ncc(C(=O)O)cn1. The van der Waals surface area contributed by atoms with Crippen LogP contribution in [0.3, 0.4) is 0 Å². The van der Waals surface area contributed by atoms with Crippen molar-refractivity contribution in [3.63, 3.8) is 0 Å². The number of nitrogens with zero attached hydrogens (tertiary/aromatic N) is 2. The first kappa shape index (κ1) is 9.64. The molecule has 0 aliphatic heterocycles. The van der Waals surface area contributed by atoms with Crippen molar-refractivity contribution in [1.29, 1.82) is 0 Å². The molecule has 1 N–H and O–H groups in total. The van der Waals surface area contributed by atoms with E-state index >= 15 is 0 Å². The Kier molecular flexibility index (Phi) is 3.37. The zero-order chi connectivity index (χ0) is 9.68. The van der Waals surface area contributed by atoms with Crippen molar-refractivity contribution in [3.05, 3.63) is 23.8 Å². The third-order valence-electron chi connectivity index (χ3n) is 1.71. The number of hydrogen-bond donors (Lipinski definition) is 1. The number of unbranched alkanes of at least 4 members (excludes halogenated alkanes) is 1. The minimum atomic E-state index is -0.984. The van der Waals surface area contributed by atoms with Gasteiger partial charge in [-0.05, 0) is 6.42 Å². The van der Waals surface area contributed by atoms with E-state index in [1.165, 1.54) is 12.4 Å². The molecule has 0 radical (unpaired) electrons. The third kappa shape index (κ3) is 2.82. The number of aromatic nitrogens is 2. The number of aryl methyl sites for hydroxylation is 1. The lowest BCUT2D eigenvalue weighted by Crippen LogP contribution is -2.01. The Bertz CT molecular complexity index is 282. The molecule has 0 saturated heterocycles. The van der Waals surface area contributed by atoms with Gasteiger partial charge < -0.3 is 5.11 Å². The van der Waals surface area contributed by atoms with Gasteiger partial charge in [-0.2, -0.15) is 0 Å². The molecule has 0 spiro atoms. The van der Waals surface area contributed by atoms with E-state index in [1.54, 1.807) is 0 Å². The Morgan fingerprint density at radius 3 is 2.54 bits per heavy atom. The Morgan fingerprint density at radius 1 is 1.46 bits per heavy atom. The highest BCUT2D eigenvalue weighted by Crippen LogP contribution is 2.00. The van der Waals surface area contributed by atoms with Crippen molar-refractivity contribution in [2.75, 3.05) is 0 Å².